The predicted octanol–water partition coefficient (Wildman–Crippen LogP) is 7.24. The number of carbonyl (C=O) groups is 2. The number of hydrogen-bond donors (Lipinski definition) is 1. The number of fused-ring (bicyclic) bond motifs is 2. The number of benzene rings is 2. The largest absolute Gasteiger partial charge is 0.462 e. The maximum absolute atomic E-state index is 13.1. The minimum atomic E-state index is -0.330. The Balaban J connectivity index is 1.33. The Labute approximate surface area is 226 Å². The standard InChI is InChI=1S/C30H32N2O3S2/c1-3-35-30(34)28-23-13-5-4-6-15-25(23)37-29(28)31-27(33)19-36-26-18-32(24-14-8-7-12-22(24)26)17-21-11-9-10-20(2)16-21/h7-12,14,16,18H,3-6,13,15,17,19H2,1-2H3,(H,31,33). The molecule has 1 N–H and O–H groups in total. The van der Waals surface area contributed by atoms with Crippen molar-refractivity contribution in [2.75, 3.05) is 17.7 Å². The monoisotopic (exact) mass is 532 g/mol. The van der Waals surface area contributed by atoms with Gasteiger partial charge in [0.25, 0.3) is 0 Å². The van der Waals surface area contributed by atoms with E-state index in [2.05, 4.69) is 59.4 Å². The lowest BCUT2D eigenvalue weighted by molar-refractivity contribution is -0.113. The Morgan fingerprint density at radius 2 is 1.92 bits per heavy atom. The first-order valence-electron chi connectivity index (χ1n) is 12.9. The molecule has 4 aromatic rings. The SMILES string of the molecule is CCOC(=O)c1c(NC(=O)CSc2cn(Cc3cccc(C)c3)c3ccccc23)sc2c1CCCCC2. The van der Waals surface area contributed by atoms with Crippen LogP contribution in [0, 0.1) is 6.92 Å². The first-order valence-corrected chi connectivity index (χ1v) is 14.7. The first kappa shape index (κ1) is 25.6. The highest BCUT2D eigenvalue weighted by molar-refractivity contribution is 8.00. The van der Waals surface area contributed by atoms with Gasteiger partial charge in [-0.2, -0.15) is 0 Å². The van der Waals surface area contributed by atoms with Gasteiger partial charge in [0.1, 0.15) is 5.00 Å². The van der Waals surface area contributed by atoms with Crippen LogP contribution >= 0.6 is 23.1 Å². The number of aromatic nitrogens is 1. The van der Waals surface area contributed by atoms with Crippen LogP contribution < -0.4 is 5.32 Å². The molecule has 0 saturated heterocycles. The number of para-hydroxylation sites is 1. The molecule has 0 atom stereocenters. The summed E-state index contributed by atoms with van der Waals surface area (Å²) in [5.74, 6) is -0.171. The zero-order valence-corrected chi connectivity index (χ0v) is 23.0. The summed E-state index contributed by atoms with van der Waals surface area (Å²) in [6, 6.07) is 16.9. The van der Waals surface area contributed by atoms with Crippen molar-refractivity contribution in [2.45, 2.75) is 57.4 Å². The minimum absolute atomic E-state index is 0.109. The fraction of sp³-hybridized carbons (Fsp3) is 0.333. The van der Waals surface area contributed by atoms with Gasteiger partial charge in [0.15, 0.2) is 0 Å². The van der Waals surface area contributed by atoms with Crippen LogP contribution in [0.15, 0.2) is 59.6 Å². The van der Waals surface area contributed by atoms with E-state index in [1.54, 1.807) is 11.3 Å². The molecule has 2 aromatic carbocycles. The van der Waals surface area contributed by atoms with E-state index in [0.717, 1.165) is 53.6 Å². The van der Waals surface area contributed by atoms with Crippen LogP contribution in [0.4, 0.5) is 5.00 Å². The van der Waals surface area contributed by atoms with Gasteiger partial charge in [0.05, 0.1) is 17.9 Å². The van der Waals surface area contributed by atoms with Crippen LogP contribution in [0.25, 0.3) is 10.9 Å². The maximum Gasteiger partial charge on any atom is 0.341 e. The van der Waals surface area contributed by atoms with E-state index in [1.807, 2.05) is 19.1 Å². The number of rotatable bonds is 8. The number of carbonyl (C=O) groups excluding carboxylic acids is 2. The molecule has 0 aliphatic heterocycles. The molecule has 0 saturated carbocycles. The lowest BCUT2D eigenvalue weighted by Gasteiger charge is -2.08. The normalized spacial score (nSPS) is 13.2. The van der Waals surface area contributed by atoms with E-state index in [9.17, 15) is 9.59 Å². The summed E-state index contributed by atoms with van der Waals surface area (Å²) in [6.07, 6.45) is 7.31. The molecule has 1 amide bonds. The molecule has 0 spiro atoms. The van der Waals surface area contributed by atoms with Crippen molar-refractivity contribution in [1.29, 1.82) is 0 Å². The fourth-order valence-corrected chi connectivity index (χ4v) is 7.20. The van der Waals surface area contributed by atoms with Crippen LogP contribution in [-0.2, 0) is 28.9 Å². The lowest BCUT2D eigenvalue weighted by atomic mass is 10.1. The van der Waals surface area contributed by atoms with Crippen molar-refractivity contribution in [2.24, 2.45) is 0 Å². The maximum atomic E-state index is 13.1. The van der Waals surface area contributed by atoms with Crippen LogP contribution in [0.2, 0.25) is 0 Å². The Bertz CT molecular complexity index is 1440. The van der Waals surface area contributed by atoms with E-state index < -0.39 is 0 Å². The van der Waals surface area contributed by atoms with Crippen LogP contribution in [0.5, 0.6) is 0 Å². The molecule has 2 heterocycles. The van der Waals surface area contributed by atoms with Gasteiger partial charge < -0.3 is 14.6 Å². The third kappa shape index (κ3) is 5.78. The average molecular weight is 533 g/mol. The number of amides is 1. The fourth-order valence-electron chi connectivity index (χ4n) is 5.02. The van der Waals surface area contributed by atoms with Gasteiger partial charge in [-0.05, 0) is 56.7 Å². The Morgan fingerprint density at radius 3 is 2.76 bits per heavy atom. The highest BCUT2D eigenvalue weighted by Gasteiger charge is 2.26. The van der Waals surface area contributed by atoms with Crippen molar-refractivity contribution >= 4 is 50.9 Å². The molecule has 5 rings (SSSR count). The number of esters is 1. The molecule has 0 radical (unpaired) electrons. The molecule has 1 aliphatic rings. The predicted molar refractivity (Wildman–Crippen MR) is 153 cm³/mol. The van der Waals surface area contributed by atoms with Gasteiger partial charge in [0.2, 0.25) is 5.91 Å². The number of hydrogen-bond acceptors (Lipinski definition) is 5. The number of nitrogens with one attached hydrogen (secondary N) is 1. The van der Waals surface area contributed by atoms with Crippen LogP contribution in [0.3, 0.4) is 0 Å². The van der Waals surface area contributed by atoms with E-state index >= 15 is 0 Å². The van der Waals surface area contributed by atoms with Gasteiger partial charge in [-0.15, -0.1) is 23.1 Å². The van der Waals surface area contributed by atoms with Gasteiger partial charge in [-0.1, -0.05) is 54.4 Å². The number of thioether (sulfide) groups is 1. The van der Waals surface area contributed by atoms with Crippen molar-refractivity contribution in [1.82, 2.24) is 4.57 Å². The van der Waals surface area contributed by atoms with Gasteiger partial charge in [0, 0.05) is 33.4 Å². The smallest absolute Gasteiger partial charge is 0.341 e. The van der Waals surface area contributed by atoms with Crippen molar-refractivity contribution in [3.63, 3.8) is 0 Å². The van der Waals surface area contributed by atoms with E-state index in [4.69, 9.17) is 4.74 Å². The molecule has 0 fully saturated rings. The second-order valence-electron chi connectivity index (χ2n) is 9.45. The topological polar surface area (TPSA) is 60.3 Å². The van der Waals surface area contributed by atoms with Gasteiger partial charge in [-0.25, -0.2) is 4.79 Å². The van der Waals surface area contributed by atoms with E-state index in [1.165, 1.54) is 34.2 Å². The van der Waals surface area contributed by atoms with Crippen molar-refractivity contribution in [3.8, 4) is 0 Å². The zero-order chi connectivity index (χ0) is 25.8. The molecular weight excluding hydrogens is 500 g/mol. The molecule has 5 nitrogen and oxygen atoms in total. The van der Waals surface area contributed by atoms with Crippen LogP contribution in [0.1, 0.15) is 58.1 Å². The number of ether oxygens (including phenoxy) is 1. The van der Waals surface area contributed by atoms with E-state index in [0.29, 0.717) is 17.2 Å². The molecule has 2 aromatic heterocycles. The summed E-state index contributed by atoms with van der Waals surface area (Å²) in [7, 11) is 0. The number of anilines is 1. The minimum Gasteiger partial charge on any atom is -0.462 e. The third-order valence-electron chi connectivity index (χ3n) is 6.70. The third-order valence-corrected chi connectivity index (χ3v) is 8.95. The molecule has 37 heavy (non-hydrogen) atoms. The molecule has 0 bridgehead atoms. The summed E-state index contributed by atoms with van der Waals surface area (Å²) in [4.78, 5) is 28.2. The zero-order valence-electron chi connectivity index (χ0n) is 21.3. The number of thiophene rings is 1. The summed E-state index contributed by atoms with van der Waals surface area (Å²) < 4.78 is 7.61. The lowest BCUT2D eigenvalue weighted by Crippen LogP contribution is -2.16. The Morgan fingerprint density at radius 1 is 1.08 bits per heavy atom. The molecule has 1 aliphatic carbocycles. The number of nitrogens with zero attached hydrogens (tertiary/aromatic N) is 1. The average Bonchev–Trinajstić information content (AvgIpc) is 3.31. The van der Waals surface area contributed by atoms with Crippen LogP contribution in [-0.4, -0.2) is 28.8 Å². The van der Waals surface area contributed by atoms with Crippen molar-refractivity contribution < 1.29 is 14.3 Å². The highest BCUT2D eigenvalue weighted by Crippen LogP contribution is 2.38. The molecule has 192 valence electrons. The summed E-state index contributed by atoms with van der Waals surface area (Å²) in [5.41, 5.74) is 5.28. The van der Waals surface area contributed by atoms with Crippen molar-refractivity contribution in [3.05, 3.63) is 81.9 Å². The molecule has 7 heteroatoms. The second-order valence-corrected chi connectivity index (χ2v) is 11.6. The summed E-state index contributed by atoms with van der Waals surface area (Å²) >= 11 is 3.07. The second kappa shape index (κ2) is 11.6. The quantitative estimate of drug-likeness (QED) is 0.148. The van der Waals surface area contributed by atoms with Gasteiger partial charge in [-0.3, -0.25) is 4.79 Å². The summed E-state index contributed by atoms with van der Waals surface area (Å²) in [6.45, 7) is 5.02. The summed E-state index contributed by atoms with van der Waals surface area (Å²) in [5, 5.41) is 4.83. The van der Waals surface area contributed by atoms with Gasteiger partial charge >= 0.3 is 5.97 Å². The highest BCUT2D eigenvalue weighted by atomic mass is 32.2. The molecule has 0 unspecified atom stereocenters. The Kier molecular flexibility index (Phi) is 8.01. The molecular formula is C30H32N2O3S2. The van der Waals surface area contributed by atoms with E-state index in [-0.39, 0.29) is 17.6 Å². The Hall–Kier alpha value is -3.03. The number of aryl methyl sites for hydroxylation is 2. The first-order chi connectivity index (χ1) is 18.0.